The molecule has 0 aliphatic carbocycles. The Kier molecular flexibility index (Phi) is 6.39. The molecule has 1 aromatic carbocycles. The van der Waals surface area contributed by atoms with Gasteiger partial charge in [0.2, 0.25) is 0 Å². The van der Waals surface area contributed by atoms with Gasteiger partial charge < -0.3 is 10.6 Å². The second-order valence-electron chi connectivity index (χ2n) is 5.84. The van der Waals surface area contributed by atoms with Crippen molar-refractivity contribution in [3.05, 3.63) is 71.3 Å². The predicted molar refractivity (Wildman–Crippen MR) is 108 cm³/mol. The van der Waals surface area contributed by atoms with E-state index in [-0.39, 0.29) is 0 Å². The molecule has 0 unspecified atom stereocenters. The number of benzene rings is 1. The highest BCUT2D eigenvalue weighted by Gasteiger charge is 2.03. The molecule has 3 rings (SSSR count). The smallest absolute Gasteiger partial charge is 0.191 e. The largest absolute Gasteiger partial charge is 0.357 e. The Bertz CT molecular complexity index is 872. The van der Waals surface area contributed by atoms with Crippen molar-refractivity contribution < 1.29 is 0 Å². The van der Waals surface area contributed by atoms with Gasteiger partial charge in [-0.25, -0.2) is 9.98 Å². The van der Waals surface area contributed by atoms with E-state index in [1.807, 2.05) is 36.5 Å². The van der Waals surface area contributed by atoms with Crippen molar-refractivity contribution in [3.8, 4) is 0 Å². The highest BCUT2D eigenvalue weighted by Crippen LogP contribution is 2.16. The Balaban J connectivity index is 1.63. The molecule has 3 aromatic rings. The van der Waals surface area contributed by atoms with Crippen molar-refractivity contribution >= 4 is 28.3 Å². The van der Waals surface area contributed by atoms with Crippen LogP contribution in [0.4, 0.5) is 0 Å². The second-order valence-corrected chi connectivity index (χ2v) is 6.23. The van der Waals surface area contributed by atoms with Crippen molar-refractivity contribution in [2.24, 2.45) is 4.99 Å². The number of aliphatic imine (C=N–C) groups is 1. The molecule has 2 heterocycles. The first-order chi connectivity index (χ1) is 12.8. The van der Waals surface area contributed by atoms with E-state index in [0.717, 1.165) is 42.1 Å². The number of fused-ring (bicyclic) bond motifs is 1. The van der Waals surface area contributed by atoms with Crippen LogP contribution in [0.1, 0.15) is 18.2 Å². The highest BCUT2D eigenvalue weighted by atomic mass is 35.5. The third-order valence-electron chi connectivity index (χ3n) is 3.98. The number of aromatic nitrogens is 2. The van der Waals surface area contributed by atoms with Crippen molar-refractivity contribution in [1.29, 1.82) is 0 Å². The average Bonchev–Trinajstić information content (AvgIpc) is 2.67. The van der Waals surface area contributed by atoms with E-state index < -0.39 is 0 Å². The molecule has 0 saturated carbocycles. The fourth-order valence-electron chi connectivity index (χ4n) is 2.68. The van der Waals surface area contributed by atoms with Gasteiger partial charge in [0.05, 0.1) is 12.2 Å². The fraction of sp³-hybridized carbons (Fsp3) is 0.250. The van der Waals surface area contributed by atoms with Crippen LogP contribution < -0.4 is 10.6 Å². The minimum absolute atomic E-state index is 0.513. The summed E-state index contributed by atoms with van der Waals surface area (Å²) in [7, 11) is 0. The van der Waals surface area contributed by atoms with E-state index >= 15 is 0 Å². The molecule has 5 nitrogen and oxygen atoms in total. The first-order valence-corrected chi connectivity index (χ1v) is 9.09. The number of hydrogen-bond donors (Lipinski definition) is 2. The SMILES string of the molecule is CCNC(=NCc1nccc2ccccc12)NCCc1ccc(Cl)nc1. The molecule has 0 atom stereocenters. The predicted octanol–water partition coefficient (Wildman–Crippen LogP) is 3.58. The van der Waals surface area contributed by atoms with Gasteiger partial charge in [0, 0.05) is 30.9 Å². The van der Waals surface area contributed by atoms with Crippen LogP contribution in [0.15, 0.2) is 59.9 Å². The molecule has 0 amide bonds. The standard InChI is InChI=1S/C20H22ClN5/c1-2-22-20(24-11-9-15-7-8-19(21)25-13-15)26-14-18-17-6-4-3-5-16(17)10-12-23-18/h3-8,10,12-13H,2,9,11,14H2,1H3,(H2,22,24,26). The molecule has 6 heteroatoms. The van der Waals surface area contributed by atoms with Crippen molar-refractivity contribution in [1.82, 2.24) is 20.6 Å². The third-order valence-corrected chi connectivity index (χ3v) is 4.21. The molecule has 134 valence electrons. The Morgan fingerprint density at radius 1 is 1.08 bits per heavy atom. The molecular formula is C20H22ClN5. The monoisotopic (exact) mass is 367 g/mol. The normalized spacial score (nSPS) is 11.5. The zero-order chi connectivity index (χ0) is 18.2. The lowest BCUT2D eigenvalue weighted by atomic mass is 10.1. The maximum absolute atomic E-state index is 5.82. The number of guanidine groups is 1. The molecule has 0 spiro atoms. The summed E-state index contributed by atoms with van der Waals surface area (Å²) < 4.78 is 0. The minimum atomic E-state index is 0.513. The summed E-state index contributed by atoms with van der Waals surface area (Å²) in [6, 6.07) is 14.1. The maximum Gasteiger partial charge on any atom is 0.191 e. The Morgan fingerprint density at radius 2 is 1.96 bits per heavy atom. The molecule has 0 aliphatic rings. The number of rotatable bonds is 6. The van der Waals surface area contributed by atoms with Crippen LogP contribution >= 0.6 is 11.6 Å². The molecule has 0 bridgehead atoms. The van der Waals surface area contributed by atoms with Gasteiger partial charge in [0.25, 0.3) is 0 Å². The summed E-state index contributed by atoms with van der Waals surface area (Å²) >= 11 is 5.82. The first kappa shape index (κ1) is 18.1. The zero-order valence-electron chi connectivity index (χ0n) is 14.7. The van der Waals surface area contributed by atoms with Crippen molar-refractivity contribution in [2.45, 2.75) is 19.9 Å². The Labute approximate surface area is 158 Å². The fourth-order valence-corrected chi connectivity index (χ4v) is 2.80. The van der Waals surface area contributed by atoms with Gasteiger partial charge in [-0.05, 0) is 36.4 Å². The van der Waals surface area contributed by atoms with E-state index in [9.17, 15) is 0 Å². The van der Waals surface area contributed by atoms with Crippen LogP contribution in [0.3, 0.4) is 0 Å². The van der Waals surface area contributed by atoms with Crippen LogP contribution in [-0.4, -0.2) is 29.0 Å². The van der Waals surface area contributed by atoms with E-state index in [4.69, 9.17) is 11.6 Å². The molecule has 26 heavy (non-hydrogen) atoms. The topological polar surface area (TPSA) is 62.2 Å². The lowest BCUT2D eigenvalue weighted by molar-refractivity contribution is 0.796. The molecule has 0 saturated heterocycles. The van der Waals surface area contributed by atoms with Gasteiger partial charge in [-0.2, -0.15) is 0 Å². The third kappa shape index (κ3) is 4.92. The first-order valence-electron chi connectivity index (χ1n) is 8.71. The van der Waals surface area contributed by atoms with Gasteiger partial charge >= 0.3 is 0 Å². The Morgan fingerprint density at radius 3 is 2.77 bits per heavy atom. The molecule has 0 aliphatic heterocycles. The molecule has 0 fully saturated rings. The van der Waals surface area contributed by atoms with E-state index in [2.05, 4.69) is 44.7 Å². The maximum atomic E-state index is 5.82. The van der Waals surface area contributed by atoms with Crippen molar-refractivity contribution in [3.63, 3.8) is 0 Å². The minimum Gasteiger partial charge on any atom is -0.357 e. The highest BCUT2D eigenvalue weighted by molar-refractivity contribution is 6.29. The molecule has 2 N–H and O–H groups in total. The molecular weight excluding hydrogens is 346 g/mol. The van der Waals surface area contributed by atoms with E-state index in [1.165, 1.54) is 5.39 Å². The van der Waals surface area contributed by atoms with Gasteiger partial charge in [0.1, 0.15) is 5.15 Å². The van der Waals surface area contributed by atoms with Gasteiger partial charge in [-0.1, -0.05) is 41.9 Å². The summed E-state index contributed by atoms with van der Waals surface area (Å²) in [5.41, 5.74) is 2.11. The second kappa shape index (κ2) is 9.15. The zero-order valence-corrected chi connectivity index (χ0v) is 15.5. The summed E-state index contributed by atoms with van der Waals surface area (Å²) in [6.07, 6.45) is 4.48. The van der Waals surface area contributed by atoms with Gasteiger partial charge in [-0.15, -0.1) is 0 Å². The van der Waals surface area contributed by atoms with Crippen LogP contribution in [0, 0.1) is 0 Å². The van der Waals surface area contributed by atoms with Crippen LogP contribution in [0.5, 0.6) is 0 Å². The summed E-state index contributed by atoms with van der Waals surface area (Å²) in [4.78, 5) is 13.3. The molecule has 2 aromatic heterocycles. The number of nitrogens with one attached hydrogen (secondary N) is 2. The summed E-state index contributed by atoms with van der Waals surface area (Å²) in [5, 5.41) is 9.46. The van der Waals surface area contributed by atoms with Crippen LogP contribution in [-0.2, 0) is 13.0 Å². The average molecular weight is 368 g/mol. The Hall–Kier alpha value is -2.66. The van der Waals surface area contributed by atoms with E-state index in [0.29, 0.717) is 11.7 Å². The summed E-state index contributed by atoms with van der Waals surface area (Å²) in [5.74, 6) is 0.782. The lowest BCUT2D eigenvalue weighted by Crippen LogP contribution is -2.38. The number of hydrogen-bond acceptors (Lipinski definition) is 3. The molecule has 0 radical (unpaired) electrons. The number of pyridine rings is 2. The number of nitrogens with zero attached hydrogens (tertiary/aromatic N) is 3. The quantitative estimate of drug-likeness (QED) is 0.397. The lowest BCUT2D eigenvalue weighted by Gasteiger charge is -2.11. The van der Waals surface area contributed by atoms with Crippen LogP contribution in [0.25, 0.3) is 10.8 Å². The summed E-state index contributed by atoms with van der Waals surface area (Å²) in [6.45, 7) is 4.14. The van der Waals surface area contributed by atoms with Crippen molar-refractivity contribution in [2.75, 3.05) is 13.1 Å². The number of halogens is 1. The van der Waals surface area contributed by atoms with Gasteiger partial charge in [-0.3, -0.25) is 4.98 Å². The van der Waals surface area contributed by atoms with Gasteiger partial charge in [0.15, 0.2) is 5.96 Å². The van der Waals surface area contributed by atoms with Crippen LogP contribution in [0.2, 0.25) is 5.15 Å². The van der Waals surface area contributed by atoms with E-state index in [1.54, 1.807) is 6.20 Å².